The number of halogens is 1. The van der Waals surface area contributed by atoms with Crippen molar-refractivity contribution in [2.75, 3.05) is 13.2 Å². The van der Waals surface area contributed by atoms with Gasteiger partial charge < -0.3 is 14.8 Å². The first kappa shape index (κ1) is 21.9. The van der Waals surface area contributed by atoms with Crippen molar-refractivity contribution in [3.8, 4) is 11.5 Å². The predicted molar refractivity (Wildman–Crippen MR) is 124 cm³/mol. The number of hydrogen-bond donors (Lipinski definition) is 1. The lowest BCUT2D eigenvalue weighted by Crippen LogP contribution is -2.16. The Morgan fingerprint density at radius 2 is 1.97 bits per heavy atom. The van der Waals surface area contributed by atoms with Gasteiger partial charge in [0.2, 0.25) is 0 Å². The number of allylic oxidation sites excluding steroid dienone is 1. The van der Waals surface area contributed by atoms with E-state index in [1.807, 2.05) is 19.1 Å². The molecule has 2 aromatic rings. The predicted octanol–water partition coefficient (Wildman–Crippen LogP) is 6.72. The molecule has 0 spiro atoms. The van der Waals surface area contributed by atoms with Crippen molar-refractivity contribution in [2.45, 2.75) is 59.1 Å². The fourth-order valence-corrected chi connectivity index (χ4v) is 4.27. The van der Waals surface area contributed by atoms with Gasteiger partial charge in [0.15, 0.2) is 11.5 Å². The van der Waals surface area contributed by atoms with Crippen molar-refractivity contribution < 1.29 is 9.47 Å². The van der Waals surface area contributed by atoms with Gasteiger partial charge in [0.25, 0.3) is 0 Å². The van der Waals surface area contributed by atoms with Crippen LogP contribution in [0.2, 0.25) is 0 Å². The van der Waals surface area contributed by atoms with Crippen molar-refractivity contribution in [1.82, 2.24) is 5.32 Å². The molecule has 0 amide bonds. The molecule has 0 bridgehead atoms. The van der Waals surface area contributed by atoms with Gasteiger partial charge in [0, 0.05) is 6.54 Å². The molecule has 2 aromatic carbocycles. The summed E-state index contributed by atoms with van der Waals surface area (Å²) in [7, 11) is 0. The highest BCUT2D eigenvalue weighted by molar-refractivity contribution is 9.10. The van der Waals surface area contributed by atoms with Crippen molar-refractivity contribution in [1.29, 1.82) is 0 Å². The van der Waals surface area contributed by atoms with Crippen molar-refractivity contribution in [3.63, 3.8) is 0 Å². The second-order valence-electron chi connectivity index (χ2n) is 7.59. The van der Waals surface area contributed by atoms with E-state index in [0.29, 0.717) is 13.2 Å². The summed E-state index contributed by atoms with van der Waals surface area (Å²) >= 11 is 3.69. The van der Waals surface area contributed by atoms with Crippen LogP contribution in [0, 0.1) is 6.92 Å². The molecular weight excluding hydrogens is 426 g/mol. The standard InChI is InChI=1S/C25H32BrNO2/c1-3-28-24-16-21(17-27-14-13-20-10-5-4-6-11-20)15-23(26)25(24)29-18-22-12-8-7-9-19(22)2/h7-10,12,15-16,27H,3-6,11,13-14,17-18H2,1-2H3. The smallest absolute Gasteiger partial charge is 0.175 e. The molecular formula is C25H32BrNO2. The fraction of sp³-hybridized carbons (Fsp3) is 0.440. The Labute approximate surface area is 183 Å². The van der Waals surface area contributed by atoms with Gasteiger partial charge in [-0.2, -0.15) is 0 Å². The number of nitrogens with one attached hydrogen (secondary N) is 1. The lowest BCUT2D eigenvalue weighted by molar-refractivity contribution is 0.267. The Bertz CT molecular complexity index is 832. The minimum Gasteiger partial charge on any atom is -0.490 e. The first-order valence-corrected chi connectivity index (χ1v) is 11.5. The molecule has 0 atom stereocenters. The Kier molecular flexibility index (Phi) is 8.63. The average molecular weight is 458 g/mol. The first-order chi connectivity index (χ1) is 14.2. The summed E-state index contributed by atoms with van der Waals surface area (Å²) in [6.07, 6.45) is 8.80. The number of ether oxygens (including phenoxy) is 2. The zero-order valence-electron chi connectivity index (χ0n) is 17.6. The summed E-state index contributed by atoms with van der Waals surface area (Å²) in [5, 5.41) is 3.57. The van der Waals surface area contributed by atoms with E-state index in [2.05, 4.69) is 58.5 Å². The van der Waals surface area contributed by atoms with Crippen LogP contribution in [-0.4, -0.2) is 13.2 Å². The summed E-state index contributed by atoms with van der Waals surface area (Å²) in [6, 6.07) is 12.5. The Hall–Kier alpha value is -1.78. The van der Waals surface area contributed by atoms with Gasteiger partial charge >= 0.3 is 0 Å². The third kappa shape index (κ3) is 6.61. The Morgan fingerprint density at radius 1 is 1.10 bits per heavy atom. The molecule has 1 aliphatic carbocycles. The largest absolute Gasteiger partial charge is 0.490 e. The van der Waals surface area contributed by atoms with E-state index in [-0.39, 0.29) is 0 Å². The molecule has 1 N–H and O–H groups in total. The monoisotopic (exact) mass is 457 g/mol. The van der Waals surface area contributed by atoms with Crippen LogP contribution in [0.1, 0.15) is 55.7 Å². The molecule has 3 rings (SSSR count). The zero-order valence-corrected chi connectivity index (χ0v) is 19.2. The van der Waals surface area contributed by atoms with Gasteiger partial charge in [-0.05, 0) is 97.2 Å². The normalized spacial score (nSPS) is 13.8. The van der Waals surface area contributed by atoms with E-state index in [1.165, 1.54) is 42.4 Å². The molecule has 0 fully saturated rings. The number of benzene rings is 2. The zero-order chi connectivity index (χ0) is 20.5. The molecule has 0 radical (unpaired) electrons. The van der Waals surface area contributed by atoms with E-state index in [4.69, 9.17) is 9.47 Å². The van der Waals surface area contributed by atoms with E-state index in [0.717, 1.165) is 35.5 Å². The number of aryl methyl sites for hydroxylation is 1. The molecule has 0 aromatic heterocycles. The highest BCUT2D eigenvalue weighted by Gasteiger charge is 2.13. The lowest BCUT2D eigenvalue weighted by atomic mass is 9.97. The molecule has 0 saturated carbocycles. The third-order valence-electron chi connectivity index (χ3n) is 5.34. The van der Waals surface area contributed by atoms with Gasteiger partial charge in [-0.15, -0.1) is 0 Å². The van der Waals surface area contributed by atoms with Crippen LogP contribution in [0.15, 0.2) is 52.5 Å². The summed E-state index contributed by atoms with van der Waals surface area (Å²) in [6.45, 7) is 7.08. The van der Waals surface area contributed by atoms with Crippen molar-refractivity contribution in [3.05, 3.63) is 69.2 Å². The Morgan fingerprint density at radius 3 is 2.72 bits per heavy atom. The van der Waals surface area contributed by atoms with Crippen molar-refractivity contribution >= 4 is 15.9 Å². The van der Waals surface area contributed by atoms with Crippen LogP contribution in [0.5, 0.6) is 11.5 Å². The maximum atomic E-state index is 6.15. The quantitative estimate of drug-likeness (QED) is 0.317. The van der Waals surface area contributed by atoms with Gasteiger partial charge in [0.05, 0.1) is 11.1 Å². The van der Waals surface area contributed by atoms with Crippen LogP contribution < -0.4 is 14.8 Å². The average Bonchev–Trinajstić information content (AvgIpc) is 2.73. The van der Waals surface area contributed by atoms with E-state index < -0.39 is 0 Å². The number of hydrogen-bond acceptors (Lipinski definition) is 3. The van der Waals surface area contributed by atoms with Crippen LogP contribution >= 0.6 is 15.9 Å². The fourth-order valence-electron chi connectivity index (χ4n) is 3.66. The number of rotatable bonds is 10. The van der Waals surface area contributed by atoms with Gasteiger partial charge in [-0.3, -0.25) is 0 Å². The highest BCUT2D eigenvalue weighted by atomic mass is 79.9. The molecule has 1 aliphatic rings. The highest BCUT2D eigenvalue weighted by Crippen LogP contribution is 2.37. The maximum absolute atomic E-state index is 6.15. The second-order valence-corrected chi connectivity index (χ2v) is 8.44. The third-order valence-corrected chi connectivity index (χ3v) is 5.93. The minimum absolute atomic E-state index is 0.526. The van der Waals surface area contributed by atoms with E-state index in [1.54, 1.807) is 5.57 Å². The first-order valence-electron chi connectivity index (χ1n) is 10.7. The van der Waals surface area contributed by atoms with E-state index in [9.17, 15) is 0 Å². The van der Waals surface area contributed by atoms with Gasteiger partial charge in [0.1, 0.15) is 6.61 Å². The maximum Gasteiger partial charge on any atom is 0.175 e. The molecule has 4 heteroatoms. The van der Waals surface area contributed by atoms with Gasteiger partial charge in [-0.1, -0.05) is 35.9 Å². The molecule has 0 unspecified atom stereocenters. The van der Waals surface area contributed by atoms with Crippen LogP contribution in [0.4, 0.5) is 0 Å². The second kappa shape index (κ2) is 11.4. The summed E-state index contributed by atoms with van der Waals surface area (Å²) in [5.41, 5.74) is 5.22. The summed E-state index contributed by atoms with van der Waals surface area (Å²) in [5.74, 6) is 1.56. The van der Waals surface area contributed by atoms with Crippen LogP contribution in [0.3, 0.4) is 0 Å². The Balaban J connectivity index is 1.61. The van der Waals surface area contributed by atoms with E-state index >= 15 is 0 Å². The SMILES string of the molecule is CCOc1cc(CNCCC2=CCCCC2)cc(Br)c1OCc1ccccc1C. The molecule has 29 heavy (non-hydrogen) atoms. The minimum atomic E-state index is 0.526. The molecule has 3 nitrogen and oxygen atoms in total. The lowest BCUT2D eigenvalue weighted by Gasteiger charge is -2.17. The van der Waals surface area contributed by atoms with Crippen LogP contribution in [-0.2, 0) is 13.2 Å². The topological polar surface area (TPSA) is 30.5 Å². The van der Waals surface area contributed by atoms with Crippen LogP contribution in [0.25, 0.3) is 0 Å². The van der Waals surface area contributed by atoms with Crippen molar-refractivity contribution in [2.24, 2.45) is 0 Å². The molecule has 0 aliphatic heterocycles. The summed E-state index contributed by atoms with van der Waals surface area (Å²) < 4.78 is 13.0. The molecule has 0 saturated heterocycles. The van der Waals surface area contributed by atoms with Gasteiger partial charge in [-0.25, -0.2) is 0 Å². The summed E-state index contributed by atoms with van der Waals surface area (Å²) in [4.78, 5) is 0. The molecule has 0 heterocycles. The molecule has 156 valence electrons.